The van der Waals surface area contributed by atoms with Gasteiger partial charge in [-0.2, -0.15) is 10.2 Å². The number of hydrogen-bond donors (Lipinski definition) is 1. The topological polar surface area (TPSA) is 72.8 Å². The number of aryl methyl sites for hydroxylation is 1. The summed E-state index contributed by atoms with van der Waals surface area (Å²) in [6.45, 7) is 2.12. The van der Waals surface area contributed by atoms with Gasteiger partial charge in [0.15, 0.2) is 0 Å². The van der Waals surface area contributed by atoms with Crippen LogP contribution < -0.4 is 0 Å². The molecule has 2 heterocycles. The number of benzene rings is 1. The number of hydrogen-bond acceptors (Lipinski definition) is 4. The van der Waals surface area contributed by atoms with Crippen molar-refractivity contribution in [2.75, 3.05) is 6.61 Å². The zero-order valence-corrected chi connectivity index (χ0v) is 11.3. The summed E-state index contributed by atoms with van der Waals surface area (Å²) >= 11 is 0. The molecule has 1 aromatic carbocycles. The maximum atomic E-state index is 12.0. The number of H-pyrrole nitrogens is 1. The molecule has 102 valence electrons. The fourth-order valence-electron chi connectivity index (χ4n) is 2.22. The first-order valence-corrected chi connectivity index (χ1v) is 6.34. The number of rotatable bonds is 3. The molecule has 2 aromatic heterocycles. The highest BCUT2D eigenvalue weighted by molar-refractivity contribution is 6.01. The Balaban J connectivity index is 2.19. The van der Waals surface area contributed by atoms with Gasteiger partial charge in [0.1, 0.15) is 11.3 Å². The monoisotopic (exact) mass is 270 g/mol. The minimum Gasteiger partial charge on any atom is -0.462 e. The number of fused-ring (bicyclic) bond motifs is 1. The Morgan fingerprint density at radius 3 is 3.10 bits per heavy atom. The van der Waals surface area contributed by atoms with Crippen molar-refractivity contribution in [3.63, 3.8) is 0 Å². The molecule has 6 nitrogen and oxygen atoms in total. The summed E-state index contributed by atoms with van der Waals surface area (Å²) in [6.07, 6.45) is 3.40. The average Bonchev–Trinajstić information content (AvgIpc) is 3.04. The smallest absolute Gasteiger partial charge is 0.341 e. The number of carbonyl (C=O) groups excluding carboxylic acids is 1. The van der Waals surface area contributed by atoms with Crippen LogP contribution in [0.4, 0.5) is 0 Å². The normalized spacial score (nSPS) is 10.9. The lowest BCUT2D eigenvalue weighted by Crippen LogP contribution is -2.05. The summed E-state index contributed by atoms with van der Waals surface area (Å²) in [6, 6.07) is 5.75. The number of esters is 1. The van der Waals surface area contributed by atoms with Crippen molar-refractivity contribution >= 4 is 16.9 Å². The fourth-order valence-corrected chi connectivity index (χ4v) is 2.22. The SMILES string of the molecule is CCOC(=O)c1cn(C)nc1-c1cccc2[nH]ncc12. The summed E-state index contributed by atoms with van der Waals surface area (Å²) in [4.78, 5) is 12.0. The minimum atomic E-state index is -0.365. The van der Waals surface area contributed by atoms with Crippen LogP contribution >= 0.6 is 0 Å². The van der Waals surface area contributed by atoms with E-state index >= 15 is 0 Å². The largest absolute Gasteiger partial charge is 0.462 e. The highest BCUT2D eigenvalue weighted by Gasteiger charge is 2.19. The summed E-state index contributed by atoms with van der Waals surface area (Å²) in [5, 5.41) is 12.3. The summed E-state index contributed by atoms with van der Waals surface area (Å²) in [7, 11) is 1.78. The van der Waals surface area contributed by atoms with E-state index in [-0.39, 0.29) is 5.97 Å². The van der Waals surface area contributed by atoms with E-state index in [0.29, 0.717) is 17.9 Å². The molecule has 0 atom stereocenters. The third-order valence-electron chi connectivity index (χ3n) is 3.06. The molecule has 3 aromatic rings. The number of aromatic amines is 1. The summed E-state index contributed by atoms with van der Waals surface area (Å²) < 4.78 is 6.69. The van der Waals surface area contributed by atoms with E-state index in [1.54, 1.807) is 31.0 Å². The molecular formula is C14H14N4O2. The summed E-state index contributed by atoms with van der Waals surface area (Å²) in [5.74, 6) is -0.365. The van der Waals surface area contributed by atoms with Gasteiger partial charge in [-0.1, -0.05) is 12.1 Å². The van der Waals surface area contributed by atoms with Gasteiger partial charge in [0.2, 0.25) is 0 Å². The van der Waals surface area contributed by atoms with Crippen molar-refractivity contribution in [2.24, 2.45) is 7.05 Å². The van der Waals surface area contributed by atoms with Crippen molar-refractivity contribution in [2.45, 2.75) is 6.92 Å². The van der Waals surface area contributed by atoms with E-state index in [1.807, 2.05) is 18.2 Å². The van der Waals surface area contributed by atoms with Crippen LogP contribution in [0.5, 0.6) is 0 Å². The predicted octanol–water partition coefficient (Wildman–Crippen LogP) is 2.14. The molecule has 0 aliphatic rings. The van der Waals surface area contributed by atoms with Crippen LogP contribution in [0.2, 0.25) is 0 Å². The highest BCUT2D eigenvalue weighted by atomic mass is 16.5. The lowest BCUT2D eigenvalue weighted by molar-refractivity contribution is 0.0527. The zero-order chi connectivity index (χ0) is 14.1. The first kappa shape index (κ1) is 12.4. The van der Waals surface area contributed by atoms with E-state index in [0.717, 1.165) is 16.5 Å². The van der Waals surface area contributed by atoms with Gasteiger partial charge in [0.05, 0.1) is 18.3 Å². The van der Waals surface area contributed by atoms with Gasteiger partial charge < -0.3 is 4.74 Å². The van der Waals surface area contributed by atoms with Crippen molar-refractivity contribution < 1.29 is 9.53 Å². The van der Waals surface area contributed by atoms with Gasteiger partial charge >= 0.3 is 5.97 Å². The molecule has 6 heteroatoms. The molecule has 0 fully saturated rings. The van der Waals surface area contributed by atoms with Crippen LogP contribution in [-0.4, -0.2) is 32.6 Å². The molecule has 0 bridgehead atoms. The average molecular weight is 270 g/mol. The maximum Gasteiger partial charge on any atom is 0.341 e. The maximum absolute atomic E-state index is 12.0. The summed E-state index contributed by atoms with van der Waals surface area (Å²) in [5.41, 5.74) is 2.84. The standard InChI is InChI=1S/C14H14N4O2/c1-3-20-14(19)11-8-18(2)17-13(11)9-5-4-6-12-10(9)7-15-16-12/h4-8H,3H2,1-2H3,(H,15,16). The van der Waals surface area contributed by atoms with Gasteiger partial charge in [-0.3, -0.25) is 9.78 Å². The van der Waals surface area contributed by atoms with E-state index in [4.69, 9.17) is 4.74 Å². The Kier molecular flexibility index (Phi) is 2.98. The van der Waals surface area contributed by atoms with Crippen LogP contribution in [-0.2, 0) is 11.8 Å². The van der Waals surface area contributed by atoms with Gasteiger partial charge in [0, 0.05) is 24.2 Å². The zero-order valence-electron chi connectivity index (χ0n) is 11.3. The van der Waals surface area contributed by atoms with Gasteiger partial charge in [-0.15, -0.1) is 0 Å². The molecule has 0 radical (unpaired) electrons. The van der Waals surface area contributed by atoms with Crippen LogP contribution in [0, 0.1) is 0 Å². The highest BCUT2D eigenvalue weighted by Crippen LogP contribution is 2.29. The molecule has 0 saturated carbocycles. The Morgan fingerprint density at radius 2 is 2.30 bits per heavy atom. The number of nitrogens with one attached hydrogen (secondary N) is 1. The van der Waals surface area contributed by atoms with E-state index in [2.05, 4.69) is 15.3 Å². The number of aromatic nitrogens is 4. The van der Waals surface area contributed by atoms with Crippen LogP contribution in [0.15, 0.2) is 30.6 Å². The minimum absolute atomic E-state index is 0.336. The fraction of sp³-hybridized carbons (Fsp3) is 0.214. The molecule has 0 aliphatic heterocycles. The van der Waals surface area contributed by atoms with Crippen LogP contribution in [0.1, 0.15) is 17.3 Å². The molecule has 0 amide bonds. The van der Waals surface area contributed by atoms with E-state index in [1.165, 1.54) is 0 Å². The number of nitrogens with zero attached hydrogens (tertiary/aromatic N) is 3. The third kappa shape index (κ3) is 1.95. The van der Waals surface area contributed by atoms with Crippen molar-refractivity contribution in [3.8, 4) is 11.3 Å². The molecule has 1 N–H and O–H groups in total. The van der Waals surface area contributed by atoms with Gasteiger partial charge in [-0.05, 0) is 13.0 Å². The molecule has 0 unspecified atom stereocenters. The lowest BCUT2D eigenvalue weighted by Gasteiger charge is -2.03. The first-order chi connectivity index (χ1) is 9.70. The van der Waals surface area contributed by atoms with Crippen molar-refractivity contribution in [3.05, 3.63) is 36.2 Å². The molecular weight excluding hydrogens is 256 g/mol. The number of carbonyl (C=O) groups is 1. The second kappa shape index (κ2) is 4.80. The first-order valence-electron chi connectivity index (χ1n) is 6.34. The van der Waals surface area contributed by atoms with Crippen molar-refractivity contribution in [1.82, 2.24) is 20.0 Å². The molecule has 0 saturated heterocycles. The van der Waals surface area contributed by atoms with E-state index < -0.39 is 0 Å². The Morgan fingerprint density at radius 1 is 1.45 bits per heavy atom. The quantitative estimate of drug-likeness (QED) is 0.740. The predicted molar refractivity (Wildman–Crippen MR) is 74.3 cm³/mol. The van der Waals surface area contributed by atoms with Gasteiger partial charge in [-0.25, -0.2) is 4.79 Å². The Hall–Kier alpha value is -2.63. The van der Waals surface area contributed by atoms with Gasteiger partial charge in [0.25, 0.3) is 0 Å². The van der Waals surface area contributed by atoms with Crippen molar-refractivity contribution in [1.29, 1.82) is 0 Å². The second-order valence-corrected chi connectivity index (χ2v) is 4.42. The molecule has 0 spiro atoms. The lowest BCUT2D eigenvalue weighted by atomic mass is 10.0. The van der Waals surface area contributed by atoms with E-state index in [9.17, 15) is 4.79 Å². The Bertz CT molecular complexity index is 772. The van der Waals surface area contributed by atoms with Crippen LogP contribution in [0.3, 0.4) is 0 Å². The molecule has 20 heavy (non-hydrogen) atoms. The molecule has 3 rings (SSSR count). The second-order valence-electron chi connectivity index (χ2n) is 4.42. The van der Waals surface area contributed by atoms with Crippen LogP contribution in [0.25, 0.3) is 22.2 Å². The Labute approximate surface area is 115 Å². The number of ether oxygens (including phenoxy) is 1. The third-order valence-corrected chi connectivity index (χ3v) is 3.06. The molecule has 0 aliphatic carbocycles.